The predicted molar refractivity (Wildman–Crippen MR) is 65.9 cm³/mol. The van der Waals surface area contributed by atoms with Gasteiger partial charge in [-0.3, -0.25) is 9.89 Å². The van der Waals surface area contributed by atoms with E-state index in [-0.39, 0.29) is 5.91 Å². The van der Waals surface area contributed by atoms with Crippen LogP contribution in [0.15, 0.2) is 6.33 Å². The largest absolute Gasteiger partial charge is 0.392 e. The van der Waals surface area contributed by atoms with Gasteiger partial charge in [0.2, 0.25) is 5.91 Å². The summed E-state index contributed by atoms with van der Waals surface area (Å²) in [6.45, 7) is 0.323. The smallest absolute Gasteiger partial charge is 0.233 e. The number of carbonyl (C=O) groups excluding carboxylic acids is 1. The molecular formula is C10H15N5OS. The summed E-state index contributed by atoms with van der Waals surface area (Å²) in [7, 11) is 0. The van der Waals surface area contributed by atoms with Crippen molar-refractivity contribution >= 4 is 23.1 Å². The second kappa shape index (κ2) is 4.79. The molecular weight excluding hydrogens is 238 g/mol. The van der Waals surface area contributed by atoms with Gasteiger partial charge in [0.05, 0.1) is 16.9 Å². The Hall–Kier alpha value is -1.50. The Morgan fingerprint density at radius 1 is 1.59 bits per heavy atom. The van der Waals surface area contributed by atoms with Gasteiger partial charge in [-0.2, -0.15) is 5.10 Å². The average Bonchev–Trinajstić information content (AvgIpc) is 2.97. The number of rotatable bonds is 4. The molecule has 92 valence electrons. The number of carbonyl (C=O) groups is 1. The first kappa shape index (κ1) is 12.0. The molecule has 0 unspecified atom stereocenters. The number of nitrogens with one attached hydrogen (secondary N) is 2. The number of amides is 1. The van der Waals surface area contributed by atoms with Gasteiger partial charge in [-0.05, 0) is 12.8 Å². The molecule has 0 spiro atoms. The van der Waals surface area contributed by atoms with Gasteiger partial charge in [0.25, 0.3) is 0 Å². The van der Waals surface area contributed by atoms with E-state index in [0.717, 1.165) is 25.7 Å². The molecule has 1 saturated carbocycles. The Bertz CT molecular complexity index is 410. The highest BCUT2D eigenvalue weighted by atomic mass is 32.1. The van der Waals surface area contributed by atoms with Crippen LogP contribution < -0.4 is 11.1 Å². The molecule has 0 aliphatic heterocycles. The van der Waals surface area contributed by atoms with Gasteiger partial charge in [0, 0.05) is 0 Å². The van der Waals surface area contributed by atoms with E-state index in [1.165, 1.54) is 6.33 Å². The maximum absolute atomic E-state index is 12.2. The highest BCUT2D eigenvalue weighted by Crippen LogP contribution is 2.38. The summed E-state index contributed by atoms with van der Waals surface area (Å²) in [4.78, 5) is 16.4. The van der Waals surface area contributed by atoms with Gasteiger partial charge in [0.1, 0.15) is 12.2 Å². The van der Waals surface area contributed by atoms with Gasteiger partial charge in [-0.25, -0.2) is 4.98 Å². The fourth-order valence-corrected chi connectivity index (χ4v) is 2.51. The standard InChI is InChI=1S/C10H15N5OS/c11-8(17)10(3-1-2-4-10)9(16)12-5-7-13-6-14-15-7/h6H,1-5H2,(H2,11,17)(H,12,16)(H,13,14,15). The Morgan fingerprint density at radius 3 is 2.82 bits per heavy atom. The van der Waals surface area contributed by atoms with Crippen LogP contribution in [0, 0.1) is 5.41 Å². The van der Waals surface area contributed by atoms with E-state index in [9.17, 15) is 4.79 Å². The highest BCUT2D eigenvalue weighted by molar-refractivity contribution is 7.80. The van der Waals surface area contributed by atoms with Crippen molar-refractivity contribution in [3.8, 4) is 0 Å². The van der Waals surface area contributed by atoms with Crippen molar-refractivity contribution in [2.24, 2.45) is 11.1 Å². The lowest BCUT2D eigenvalue weighted by atomic mass is 9.85. The van der Waals surface area contributed by atoms with E-state index in [1.807, 2.05) is 0 Å². The molecule has 17 heavy (non-hydrogen) atoms. The van der Waals surface area contributed by atoms with Crippen molar-refractivity contribution in [1.29, 1.82) is 0 Å². The van der Waals surface area contributed by atoms with Gasteiger partial charge in [-0.1, -0.05) is 25.1 Å². The molecule has 4 N–H and O–H groups in total. The lowest BCUT2D eigenvalue weighted by Crippen LogP contribution is -2.47. The van der Waals surface area contributed by atoms with E-state index >= 15 is 0 Å². The lowest BCUT2D eigenvalue weighted by molar-refractivity contribution is -0.127. The van der Waals surface area contributed by atoms with Crippen molar-refractivity contribution in [1.82, 2.24) is 20.5 Å². The number of thiocarbonyl (C=S) groups is 1. The van der Waals surface area contributed by atoms with Crippen LogP contribution in [0.4, 0.5) is 0 Å². The molecule has 0 saturated heterocycles. The van der Waals surface area contributed by atoms with Gasteiger partial charge in [0.15, 0.2) is 0 Å². The first-order chi connectivity index (χ1) is 8.15. The van der Waals surface area contributed by atoms with Crippen LogP contribution in [0.25, 0.3) is 0 Å². The summed E-state index contributed by atoms with van der Waals surface area (Å²) in [5, 5.41) is 9.21. The first-order valence-electron chi connectivity index (χ1n) is 5.57. The highest BCUT2D eigenvalue weighted by Gasteiger charge is 2.43. The summed E-state index contributed by atoms with van der Waals surface area (Å²) < 4.78 is 0. The minimum absolute atomic E-state index is 0.0982. The normalized spacial score (nSPS) is 17.9. The zero-order valence-electron chi connectivity index (χ0n) is 9.40. The van der Waals surface area contributed by atoms with E-state index in [1.54, 1.807) is 0 Å². The third-order valence-corrected chi connectivity index (χ3v) is 3.64. The molecule has 7 heteroatoms. The summed E-state index contributed by atoms with van der Waals surface area (Å²) in [6.07, 6.45) is 4.87. The Kier molecular flexibility index (Phi) is 3.37. The molecule has 1 aromatic heterocycles. The van der Waals surface area contributed by atoms with Crippen LogP contribution in [-0.4, -0.2) is 26.1 Å². The zero-order valence-corrected chi connectivity index (χ0v) is 10.2. The van der Waals surface area contributed by atoms with E-state index in [4.69, 9.17) is 18.0 Å². The number of nitrogens with zero attached hydrogens (tertiary/aromatic N) is 2. The van der Waals surface area contributed by atoms with Crippen molar-refractivity contribution < 1.29 is 4.79 Å². The number of aromatic amines is 1. The minimum atomic E-state index is -0.657. The quantitative estimate of drug-likeness (QED) is 0.669. The molecule has 1 fully saturated rings. The van der Waals surface area contributed by atoms with Crippen molar-refractivity contribution in [3.63, 3.8) is 0 Å². The van der Waals surface area contributed by atoms with E-state index in [2.05, 4.69) is 20.5 Å². The maximum atomic E-state index is 12.2. The molecule has 0 radical (unpaired) electrons. The molecule has 1 aliphatic rings. The van der Waals surface area contributed by atoms with Crippen LogP contribution in [0.2, 0.25) is 0 Å². The molecule has 1 amide bonds. The summed E-state index contributed by atoms with van der Waals surface area (Å²) in [5.74, 6) is 0.522. The van der Waals surface area contributed by atoms with Gasteiger partial charge < -0.3 is 11.1 Å². The molecule has 0 atom stereocenters. The molecule has 6 nitrogen and oxygen atoms in total. The maximum Gasteiger partial charge on any atom is 0.233 e. The third kappa shape index (κ3) is 2.28. The summed E-state index contributed by atoms with van der Waals surface area (Å²) >= 11 is 5.04. The van der Waals surface area contributed by atoms with Crippen LogP contribution in [-0.2, 0) is 11.3 Å². The van der Waals surface area contributed by atoms with E-state index < -0.39 is 5.41 Å². The molecule has 2 rings (SSSR count). The fraction of sp³-hybridized carbons (Fsp3) is 0.600. The van der Waals surface area contributed by atoms with Crippen molar-refractivity contribution in [2.45, 2.75) is 32.2 Å². The van der Waals surface area contributed by atoms with Crippen molar-refractivity contribution in [2.75, 3.05) is 0 Å². The number of H-pyrrole nitrogens is 1. The zero-order chi connectivity index (χ0) is 12.3. The molecule has 0 bridgehead atoms. The number of aromatic nitrogens is 3. The molecule has 0 aromatic carbocycles. The monoisotopic (exact) mass is 253 g/mol. The van der Waals surface area contributed by atoms with Gasteiger partial charge in [-0.15, -0.1) is 0 Å². The molecule has 1 heterocycles. The SMILES string of the molecule is NC(=S)C1(C(=O)NCc2ncn[nH]2)CCCC1. The van der Waals surface area contributed by atoms with Gasteiger partial charge >= 0.3 is 0 Å². The second-order valence-corrected chi connectivity index (χ2v) is 4.71. The van der Waals surface area contributed by atoms with Crippen LogP contribution in [0.1, 0.15) is 31.5 Å². The summed E-state index contributed by atoms with van der Waals surface area (Å²) in [5.41, 5.74) is 5.06. The van der Waals surface area contributed by atoms with Crippen LogP contribution >= 0.6 is 12.2 Å². The third-order valence-electron chi connectivity index (χ3n) is 3.24. The van der Waals surface area contributed by atoms with E-state index in [0.29, 0.717) is 17.4 Å². The number of nitrogens with two attached hydrogens (primary N) is 1. The lowest BCUT2D eigenvalue weighted by Gasteiger charge is -2.25. The van der Waals surface area contributed by atoms with Crippen LogP contribution in [0.3, 0.4) is 0 Å². The topological polar surface area (TPSA) is 96.7 Å². The predicted octanol–water partition coefficient (Wildman–Crippen LogP) is 0.267. The fourth-order valence-electron chi connectivity index (χ4n) is 2.21. The Balaban J connectivity index is 2.00. The Morgan fingerprint density at radius 2 is 2.29 bits per heavy atom. The molecule has 1 aliphatic carbocycles. The Labute approximate surface area is 104 Å². The number of hydrogen-bond donors (Lipinski definition) is 3. The number of hydrogen-bond acceptors (Lipinski definition) is 4. The van der Waals surface area contributed by atoms with Crippen molar-refractivity contribution in [3.05, 3.63) is 12.2 Å². The van der Waals surface area contributed by atoms with Crippen LogP contribution in [0.5, 0.6) is 0 Å². The molecule has 1 aromatic rings. The first-order valence-corrected chi connectivity index (χ1v) is 5.98. The summed E-state index contributed by atoms with van der Waals surface area (Å²) in [6, 6.07) is 0. The average molecular weight is 253 g/mol. The minimum Gasteiger partial charge on any atom is -0.392 e. The second-order valence-electron chi connectivity index (χ2n) is 4.27.